The SMILES string of the molecule is COc1cc(N2CCN(C(C)=O)CC2)ccc1Nc1nc(Nc2cccc(N3CCN(S(C)(=O)=O)CC3)c2OC)ncc1C(F)(F)F. The molecule has 0 radical (unpaired) electrons. The molecule has 1 aromatic heterocycles. The third-order valence-electron chi connectivity index (χ3n) is 8.12. The average Bonchev–Trinajstić information content (AvgIpc) is 3.04. The summed E-state index contributed by atoms with van der Waals surface area (Å²) >= 11 is 0. The smallest absolute Gasteiger partial charge is 0.421 e. The quantitative estimate of drug-likeness (QED) is 0.343. The number of aromatic nitrogens is 2. The van der Waals surface area contributed by atoms with Gasteiger partial charge in [-0.15, -0.1) is 0 Å². The fourth-order valence-electron chi connectivity index (χ4n) is 5.60. The first-order chi connectivity index (χ1) is 22.3. The van der Waals surface area contributed by atoms with Gasteiger partial charge < -0.3 is 34.8 Å². The van der Waals surface area contributed by atoms with Crippen molar-refractivity contribution in [2.75, 3.05) is 93.3 Å². The third kappa shape index (κ3) is 7.73. The number of nitrogens with zero attached hydrogens (tertiary/aromatic N) is 6. The summed E-state index contributed by atoms with van der Waals surface area (Å²) in [6.07, 6.45) is -2.88. The van der Waals surface area contributed by atoms with Crippen LogP contribution in [0.2, 0.25) is 0 Å². The number of methoxy groups -OCH3 is 2. The Hall–Kier alpha value is -4.51. The summed E-state index contributed by atoms with van der Waals surface area (Å²) in [6.45, 7) is 5.33. The minimum atomic E-state index is -4.75. The molecule has 2 N–H and O–H groups in total. The van der Waals surface area contributed by atoms with Gasteiger partial charge in [0.1, 0.15) is 17.1 Å². The van der Waals surface area contributed by atoms with Crippen molar-refractivity contribution in [3.8, 4) is 11.5 Å². The maximum absolute atomic E-state index is 14.1. The van der Waals surface area contributed by atoms with Crippen LogP contribution in [0.5, 0.6) is 11.5 Å². The number of halogens is 3. The van der Waals surface area contributed by atoms with E-state index in [4.69, 9.17) is 9.47 Å². The summed E-state index contributed by atoms with van der Waals surface area (Å²) in [5.74, 6) is 0.125. The number of amides is 1. The minimum Gasteiger partial charge on any atom is -0.494 e. The molecule has 1 amide bonds. The lowest BCUT2D eigenvalue weighted by Crippen LogP contribution is -2.48. The normalized spacial score (nSPS) is 16.2. The fraction of sp³-hybridized carbons (Fsp3) is 0.433. The van der Waals surface area contributed by atoms with Crippen molar-refractivity contribution in [3.63, 3.8) is 0 Å². The number of sulfonamides is 1. The molecule has 3 heterocycles. The summed E-state index contributed by atoms with van der Waals surface area (Å²) in [5.41, 5.74) is 1.10. The van der Waals surface area contributed by atoms with Gasteiger partial charge in [0.2, 0.25) is 21.9 Å². The molecule has 0 saturated carbocycles. The van der Waals surface area contributed by atoms with E-state index in [0.717, 1.165) is 5.69 Å². The molecule has 0 spiro atoms. The highest BCUT2D eigenvalue weighted by molar-refractivity contribution is 7.88. The molecular weight excluding hydrogens is 641 g/mol. The second-order valence-electron chi connectivity index (χ2n) is 11.1. The number of anilines is 6. The predicted octanol–water partition coefficient (Wildman–Crippen LogP) is 3.75. The molecule has 17 heteroatoms. The van der Waals surface area contributed by atoms with Gasteiger partial charge in [0.15, 0.2) is 5.75 Å². The van der Waals surface area contributed by atoms with Crippen LogP contribution in [0.15, 0.2) is 42.6 Å². The van der Waals surface area contributed by atoms with E-state index in [9.17, 15) is 26.4 Å². The molecule has 2 aliphatic rings. The van der Waals surface area contributed by atoms with Crippen molar-refractivity contribution in [2.24, 2.45) is 0 Å². The maximum Gasteiger partial charge on any atom is 0.421 e. The van der Waals surface area contributed by atoms with E-state index in [0.29, 0.717) is 81.4 Å². The van der Waals surface area contributed by atoms with Crippen molar-refractivity contribution in [1.29, 1.82) is 0 Å². The van der Waals surface area contributed by atoms with Gasteiger partial charge in [-0.2, -0.15) is 22.5 Å². The van der Waals surface area contributed by atoms with Crippen LogP contribution in [-0.4, -0.2) is 106 Å². The number of para-hydroxylation sites is 1. The Labute approximate surface area is 271 Å². The van der Waals surface area contributed by atoms with Gasteiger partial charge in [-0.3, -0.25) is 4.79 Å². The molecule has 0 bridgehead atoms. The van der Waals surface area contributed by atoms with Gasteiger partial charge >= 0.3 is 6.18 Å². The maximum atomic E-state index is 14.1. The molecule has 47 heavy (non-hydrogen) atoms. The molecule has 0 atom stereocenters. The number of carbonyl (C=O) groups excluding carboxylic acids is 1. The highest BCUT2D eigenvalue weighted by Gasteiger charge is 2.36. The van der Waals surface area contributed by atoms with Crippen LogP contribution in [-0.2, 0) is 21.0 Å². The first-order valence-electron chi connectivity index (χ1n) is 14.8. The Morgan fingerprint density at radius 2 is 1.57 bits per heavy atom. The molecular formula is C30H37F3N8O5S. The Morgan fingerprint density at radius 1 is 0.894 bits per heavy atom. The number of hydrogen-bond acceptors (Lipinski definition) is 11. The van der Waals surface area contributed by atoms with Gasteiger partial charge in [-0.25, -0.2) is 13.4 Å². The minimum absolute atomic E-state index is 0.0112. The Balaban J connectivity index is 1.39. The molecule has 3 aromatic rings. The monoisotopic (exact) mass is 678 g/mol. The van der Waals surface area contributed by atoms with Gasteiger partial charge in [0.05, 0.1) is 37.5 Å². The van der Waals surface area contributed by atoms with Crippen LogP contribution in [0.25, 0.3) is 0 Å². The molecule has 2 aliphatic heterocycles. The van der Waals surface area contributed by atoms with Crippen LogP contribution >= 0.6 is 0 Å². The Bertz CT molecular complexity index is 1710. The van der Waals surface area contributed by atoms with Crippen LogP contribution < -0.4 is 29.9 Å². The van der Waals surface area contributed by atoms with Gasteiger partial charge in [-0.1, -0.05) is 6.07 Å². The lowest BCUT2D eigenvalue weighted by molar-refractivity contribution is -0.137. The molecule has 0 aliphatic carbocycles. The van der Waals surface area contributed by atoms with Crippen LogP contribution in [0.3, 0.4) is 0 Å². The summed E-state index contributed by atoms with van der Waals surface area (Å²) in [4.78, 5) is 25.6. The molecule has 2 aromatic carbocycles. The van der Waals surface area contributed by atoms with Crippen molar-refractivity contribution in [3.05, 3.63) is 48.2 Å². The molecule has 2 fully saturated rings. The van der Waals surface area contributed by atoms with E-state index in [1.54, 1.807) is 35.2 Å². The van der Waals surface area contributed by atoms with Gasteiger partial charge in [-0.05, 0) is 24.3 Å². The number of rotatable bonds is 9. The molecule has 5 rings (SSSR count). The van der Waals surface area contributed by atoms with Crippen molar-refractivity contribution >= 4 is 50.4 Å². The van der Waals surface area contributed by atoms with Gasteiger partial charge in [0.25, 0.3) is 0 Å². The highest BCUT2D eigenvalue weighted by atomic mass is 32.2. The van der Waals surface area contributed by atoms with E-state index in [1.165, 1.54) is 31.7 Å². The van der Waals surface area contributed by atoms with E-state index >= 15 is 0 Å². The van der Waals surface area contributed by atoms with Crippen molar-refractivity contribution in [1.82, 2.24) is 19.2 Å². The lowest BCUT2D eigenvalue weighted by atomic mass is 10.2. The second-order valence-corrected chi connectivity index (χ2v) is 13.1. The van der Waals surface area contributed by atoms with Crippen molar-refractivity contribution < 1.29 is 35.9 Å². The number of carbonyl (C=O) groups is 1. The largest absolute Gasteiger partial charge is 0.494 e. The zero-order valence-electron chi connectivity index (χ0n) is 26.5. The zero-order valence-corrected chi connectivity index (χ0v) is 27.3. The first kappa shape index (κ1) is 33.8. The first-order valence-corrected chi connectivity index (χ1v) is 16.7. The van der Waals surface area contributed by atoms with E-state index in [-0.39, 0.29) is 17.5 Å². The topological polar surface area (TPSA) is 132 Å². The zero-order chi connectivity index (χ0) is 33.9. The van der Waals surface area contributed by atoms with E-state index in [1.807, 2.05) is 11.0 Å². The van der Waals surface area contributed by atoms with Crippen LogP contribution in [0, 0.1) is 0 Å². The number of alkyl halides is 3. The molecule has 13 nitrogen and oxygen atoms in total. The Kier molecular flexibility index (Phi) is 9.86. The average molecular weight is 679 g/mol. The van der Waals surface area contributed by atoms with Crippen LogP contribution in [0.4, 0.5) is 47.7 Å². The highest BCUT2D eigenvalue weighted by Crippen LogP contribution is 2.40. The van der Waals surface area contributed by atoms with E-state index in [2.05, 4.69) is 25.5 Å². The Morgan fingerprint density at radius 3 is 2.17 bits per heavy atom. The number of nitrogens with one attached hydrogen (secondary N) is 2. The molecule has 0 unspecified atom stereocenters. The summed E-state index contributed by atoms with van der Waals surface area (Å²) in [7, 11) is -0.419. The summed E-state index contributed by atoms with van der Waals surface area (Å²) in [6, 6.07) is 10.4. The van der Waals surface area contributed by atoms with Crippen molar-refractivity contribution in [2.45, 2.75) is 13.1 Å². The summed E-state index contributed by atoms with van der Waals surface area (Å²) < 4.78 is 78.8. The standard InChI is InChI=1S/C30H37F3N8O5S/c1-20(42)38-10-12-39(13-11-38)21-8-9-23(26(18-21)45-2)35-28-22(30(31,32)33)19-34-29(37-28)36-24-6-5-7-25(27(24)46-3)40-14-16-41(17-15-40)47(4,43)44/h5-9,18-19H,10-17H2,1-4H3,(H2,34,35,36,37). The number of hydrogen-bond donors (Lipinski definition) is 2. The molecule has 2 saturated heterocycles. The number of ether oxygens (including phenoxy) is 2. The number of benzene rings is 2. The molecule has 254 valence electrons. The third-order valence-corrected chi connectivity index (χ3v) is 9.42. The van der Waals surface area contributed by atoms with Crippen LogP contribution in [0.1, 0.15) is 12.5 Å². The summed E-state index contributed by atoms with van der Waals surface area (Å²) in [5, 5.41) is 5.76. The van der Waals surface area contributed by atoms with E-state index < -0.39 is 27.6 Å². The predicted molar refractivity (Wildman–Crippen MR) is 173 cm³/mol. The second kappa shape index (κ2) is 13.7. The lowest BCUT2D eigenvalue weighted by Gasteiger charge is -2.35. The van der Waals surface area contributed by atoms with Gasteiger partial charge in [0, 0.05) is 77.2 Å². The number of piperazine rings is 2. The fourth-order valence-corrected chi connectivity index (χ4v) is 6.43.